The van der Waals surface area contributed by atoms with E-state index in [2.05, 4.69) is 15.4 Å². The molecule has 6 nitrogen and oxygen atoms in total. The van der Waals surface area contributed by atoms with Crippen molar-refractivity contribution in [2.24, 2.45) is 0 Å². The van der Waals surface area contributed by atoms with E-state index >= 15 is 0 Å². The second-order valence-corrected chi connectivity index (χ2v) is 4.24. The van der Waals surface area contributed by atoms with Gasteiger partial charge in [0, 0.05) is 17.1 Å². The highest BCUT2D eigenvalue weighted by Crippen LogP contribution is 2.17. The van der Waals surface area contributed by atoms with E-state index in [9.17, 15) is 9.59 Å². The number of hydrogen-bond donors (Lipinski definition) is 3. The molecule has 2 aromatic rings. The summed E-state index contributed by atoms with van der Waals surface area (Å²) in [6.45, 7) is 0. The van der Waals surface area contributed by atoms with Gasteiger partial charge in [0.1, 0.15) is 0 Å². The molecule has 6 heteroatoms. The lowest BCUT2D eigenvalue weighted by Gasteiger charge is -2.08. The Morgan fingerprint density at radius 2 is 1.52 bits per heavy atom. The predicted molar refractivity (Wildman–Crippen MR) is 81.3 cm³/mol. The van der Waals surface area contributed by atoms with Crippen molar-refractivity contribution in [3.05, 3.63) is 54.1 Å². The molecule has 0 aliphatic heterocycles. The smallest absolute Gasteiger partial charge is 0.411 e. The average Bonchev–Trinajstić information content (AvgIpc) is 2.49. The van der Waals surface area contributed by atoms with Crippen LogP contribution >= 0.6 is 0 Å². The minimum atomic E-state index is -0.552. The van der Waals surface area contributed by atoms with Gasteiger partial charge in [0.2, 0.25) is 0 Å². The van der Waals surface area contributed by atoms with Crippen LogP contribution in [0.2, 0.25) is 0 Å². The molecule has 0 saturated carbocycles. The number of amides is 2. The summed E-state index contributed by atoms with van der Waals surface area (Å²) in [6.07, 6.45) is -0.552. The van der Waals surface area contributed by atoms with Crippen molar-refractivity contribution < 1.29 is 14.3 Å². The zero-order chi connectivity index (χ0) is 15.2. The van der Waals surface area contributed by atoms with Crippen molar-refractivity contribution >= 4 is 29.1 Å². The van der Waals surface area contributed by atoms with Crippen LogP contribution in [0.25, 0.3) is 0 Å². The van der Waals surface area contributed by atoms with Crippen LogP contribution in [0.4, 0.5) is 21.9 Å². The molecule has 0 heterocycles. The van der Waals surface area contributed by atoms with E-state index in [4.69, 9.17) is 5.73 Å². The fourth-order valence-electron chi connectivity index (χ4n) is 1.71. The molecule has 0 aliphatic rings. The van der Waals surface area contributed by atoms with Crippen LogP contribution in [0.5, 0.6) is 0 Å². The van der Waals surface area contributed by atoms with Gasteiger partial charge in [-0.15, -0.1) is 0 Å². The van der Waals surface area contributed by atoms with Crippen LogP contribution in [-0.2, 0) is 4.74 Å². The van der Waals surface area contributed by atoms with E-state index < -0.39 is 6.09 Å². The van der Waals surface area contributed by atoms with Gasteiger partial charge in [-0.3, -0.25) is 10.1 Å². The second kappa shape index (κ2) is 6.42. The molecule has 2 rings (SSSR count). The Hall–Kier alpha value is -3.02. The summed E-state index contributed by atoms with van der Waals surface area (Å²) in [5, 5.41) is 5.25. The molecule has 0 radical (unpaired) electrons. The Bertz CT molecular complexity index is 653. The van der Waals surface area contributed by atoms with Crippen molar-refractivity contribution in [3.8, 4) is 0 Å². The number of para-hydroxylation sites is 1. The minimum Gasteiger partial charge on any atom is -0.453 e. The maximum absolute atomic E-state index is 12.1. The molecule has 0 fully saturated rings. The number of ether oxygens (including phenoxy) is 1. The van der Waals surface area contributed by atoms with Gasteiger partial charge in [0.15, 0.2) is 0 Å². The van der Waals surface area contributed by atoms with E-state index in [-0.39, 0.29) is 5.91 Å². The van der Waals surface area contributed by atoms with Crippen LogP contribution < -0.4 is 16.4 Å². The number of nitrogens with two attached hydrogens (primary N) is 1. The van der Waals surface area contributed by atoms with Crippen molar-refractivity contribution in [2.45, 2.75) is 0 Å². The Balaban J connectivity index is 2.05. The molecule has 2 aromatic carbocycles. The first-order chi connectivity index (χ1) is 10.1. The monoisotopic (exact) mass is 285 g/mol. The van der Waals surface area contributed by atoms with Crippen molar-refractivity contribution in [1.29, 1.82) is 0 Å². The van der Waals surface area contributed by atoms with Crippen molar-refractivity contribution in [3.63, 3.8) is 0 Å². The third-order valence-electron chi connectivity index (χ3n) is 2.78. The van der Waals surface area contributed by atoms with Gasteiger partial charge >= 0.3 is 6.09 Å². The van der Waals surface area contributed by atoms with Crippen LogP contribution in [0.1, 0.15) is 10.4 Å². The molecule has 0 unspecified atom stereocenters. The standard InChI is InChI=1S/C15H15N3O3/c1-21-15(20)18-11-8-6-10(7-9-11)17-14(19)12-4-2-3-5-13(12)16/h2-9H,16H2,1H3,(H,17,19)(H,18,20). The highest BCUT2D eigenvalue weighted by Gasteiger charge is 2.09. The molecule has 0 aliphatic carbocycles. The van der Waals surface area contributed by atoms with Gasteiger partial charge in [0.05, 0.1) is 12.7 Å². The SMILES string of the molecule is COC(=O)Nc1ccc(NC(=O)c2ccccc2N)cc1. The molecule has 108 valence electrons. The normalized spacial score (nSPS) is 9.76. The van der Waals surface area contributed by atoms with E-state index in [0.29, 0.717) is 22.6 Å². The highest BCUT2D eigenvalue weighted by molar-refractivity contribution is 6.07. The van der Waals surface area contributed by atoms with E-state index in [1.807, 2.05) is 0 Å². The van der Waals surface area contributed by atoms with Crippen molar-refractivity contribution in [2.75, 3.05) is 23.5 Å². The van der Waals surface area contributed by atoms with Gasteiger partial charge in [-0.05, 0) is 36.4 Å². The molecule has 4 N–H and O–H groups in total. The molecule has 21 heavy (non-hydrogen) atoms. The maximum Gasteiger partial charge on any atom is 0.411 e. The summed E-state index contributed by atoms with van der Waals surface area (Å²) >= 11 is 0. The van der Waals surface area contributed by atoms with E-state index in [0.717, 1.165) is 0 Å². The van der Waals surface area contributed by atoms with E-state index in [1.54, 1.807) is 48.5 Å². The number of rotatable bonds is 3. The fraction of sp³-hybridized carbons (Fsp3) is 0.0667. The van der Waals surface area contributed by atoms with Gasteiger partial charge in [-0.1, -0.05) is 12.1 Å². The number of benzene rings is 2. The van der Waals surface area contributed by atoms with Gasteiger partial charge in [0.25, 0.3) is 5.91 Å². The lowest BCUT2D eigenvalue weighted by Crippen LogP contribution is -2.14. The Morgan fingerprint density at radius 3 is 2.10 bits per heavy atom. The molecular formula is C15H15N3O3. The first kappa shape index (κ1) is 14.4. The molecule has 0 atom stereocenters. The summed E-state index contributed by atoms with van der Waals surface area (Å²) in [7, 11) is 1.29. The molecule has 2 amide bonds. The summed E-state index contributed by atoms with van der Waals surface area (Å²) in [5.41, 5.74) is 7.74. The molecular weight excluding hydrogens is 270 g/mol. The average molecular weight is 285 g/mol. The molecule has 0 bridgehead atoms. The quantitative estimate of drug-likeness (QED) is 0.756. The number of anilines is 3. The Kier molecular flexibility index (Phi) is 4.40. The Labute approximate surface area is 121 Å². The fourth-order valence-corrected chi connectivity index (χ4v) is 1.71. The zero-order valence-corrected chi connectivity index (χ0v) is 11.4. The predicted octanol–water partition coefficient (Wildman–Crippen LogP) is 2.70. The number of nitrogens with one attached hydrogen (secondary N) is 2. The topological polar surface area (TPSA) is 93.5 Å². The van der Waals surface area contributed by atoms with Crippen LogP contribution in [0.15, 0.2) is 48.5 Å². The lowest BCUT2D eigenvalue weighted by atomic mass is 10.1. The molecule has 0 spiro atoms. The Morgan fingerprint density at radius 1 is 0.952 bits per heavy atom. The second-order valence-electron chi connectivity index (χ2n) is 4.24. The molecule has 0 saturated heterocycles. The maximum atomic E-state index is 12.1. The largest absolute Gasteiger partial charge is 0.453 e. The van der Waals surface area contributed by atoms with Gasteiger partial charge in [-0.25, -0.2) is 4.79 Å². The number of carbonyl (C=O) groups is 2. The van der Waals surface area contributed by atoms with Crippen LogP contribution in [-0.4, -0.2) is 19.1 Å². The number of carbonyl (C=O) groups excluding carboxylic acids is 2. The first-order valence-electron chi connectivity index (χ1n) is 6.21. The number of methoxy groups -OCH3 is 1. The highest BCUT2D eigenvalue weighted by atomic mass is 16.5. The van der Waals surface area contributed by atoms with Crippen LogP contribution in [0.3, 0.4) is 0 Å². The van der Waals surface area contributed by atoms with Gasteiger partial charge in [-0.2, -0.15) is 0 Å². The van der Waals surface area contributed by atoms with Crippen LogP contribution in [0, 0.1) is 0 Å². The van der Waals surface area contributed by atoms with Gasteiger partial charge < -0.3 is 15.8 Å². The summed E-state index contributed by atoms with van der Waals surface area (Å²) in [6, 6.07) is 13.5. The lowest BCUT2D eigenvalue weighted by molar-refractivity contribution is 0.102. The first-order valence-corrected chi connectivity index (χ1v) is 6.21. The number of nitrogen functional groups attached to an aromatic ring is 1. The third-order valence-corrected chi connectivity index (χ3v) is 2.78. The summed E-state index contributed by atoms with van der Waals surface area (Å²) in [4.78, 5) is 23.1. The summed E-state index contributed by atoms with van der Waals surface area (Å²) in [5.74, 6) is -0.290. The molecule has 0 aromatic heterocycles. The summed E-state index contributed by atoms with van der Waals surface area (Å²) < 4.78 is 4.49. The van der Waals surface area contributed by atoms with Crippen molar-refractivity contribution in [1.82, 2.24) is 0 Å². The third kappa shape index (κ3) is 3.73. The zero-order valence-electron chi connectivity index (χ0n) is 11.4. The minimum absolute atomic E-state index is 0.290. The number of hydrogen-bond acceptors (Lipinski definition) is 4. The van der Waals surface area contributed by atoms with E-state index in [1.165, 1.54) is 7.11 Å².